The largest absolute Gasteiger partial charge is 0.453 e. The Bertz CT molecular complexity index is 2100. The number of H-pyrrole nitrogens is 2. The van der Waals surface area contributed by atoms with Gasteiger partial charge in [-0.05, 0) is 72.6 Å². The number of amides is 4. The normalized spacial score (nSPS) is 15.9. The third kappa shape index (κ3) is 9.27. The van der Waals surface area contributed by atoms with Crippen LogP contribution >= 0.6 is 0 Å². The molecule has 2 aromatic carbocycles. The molecule has 14 heteroatoms. The molecule has 1 saturated heterocycles. The van der Waals surface area contributed by atoms with Crippen LogP contribution < -0.4 is 10.6 Å². The topological polar surface area (TPSA) is 175 Å². The number of rotatable bonds is 14. The van der Waals surface area contributed by atoms with Gasteiger partial charge in [-0.1, -0.05) is 76.2 Å². The second-order valence-electron chi connectivity index (χ2n) is 15.7. The minimum atomic E-state index is -0.743. The predicted octanol–water partition coefficient (Wildman–Crippen LogP) is 6.95. The second-order valence-corrected chi connectivity index (χ2v) is 15.7. The van der Waals surface area contributed by atoms with Crippen molar-refractivity contribution >= 4 is 24.0 Å². The number of aromatic amines is 2. The number of carbonyl (C=O) groups is 4. The first kappa shape index (κ1) is 41.7. The number of ether oxygens (including phenoxy) is 2. The van der Waals surface area contributed by atoms with Crippen LogP contribution in [-0.4, -0.2) is 93.1 Å². The minimum absolute atomic E-state index is 0.105. The molecule has 1 aliphatic carbocycles. The molecule has 0 unspecified atom stereocenters. The van der Waals surface area contributed by atoms with Gasteiger partial charge >= 0.3 is 12.2 Å². The van der Waals surface area contributed by atoms with Crippen molar-refractivity contribution in [3.63, 3.8) is 0 Å². The Hall–Kier alpha value is -5.92. The van der Waals surface area contributed by atoms with Crippen LogP contribution in [0.5, 0.6) is 0 Å². The van der Waals surface area contributed by atoms with Crippen molar-refractivity contribution in [3.05, 3.63) is 84.2 Å². The summed E-state index contributed by atoms with van der Waals surface area (Å²) < 4.78 is 9.55. The molecule has 4 amide bonds. The van der Waals surface area contributed by atoms with E-state index in [1.807, 2.05) is 32.6 Å². The number of fused-ring (bicyclic) bond motifs is 3. The Morgan fingerprint density at radius 2 is 1.59 bits per heavy atom. The van der Waals surface area contributed by atoms with E-state index in [-0.39, 0.29) is 36.2 Å². The number of carbonyl (C=O) groups excluding carboxylic acids is 4. The van der Waals surface area contributed by atoms with Gasteiger partial charge in [0.05, 0.1) is 44.4 Å². The van der Waals surface area contributed by atoms with E-state index < -0.39 is 24.3 Å². The summed E-state index contributed by atoms with van der Waals surface area (Å²) in [6.07, 6.45) is 7.26. The summed E-state index contributed by atoms with van der Waals surface area (Å²) in [5, 5.41) is 5.40. The van der Waals surface area contributed by atoms with E-state index in [4.69, 9.17) is 14.5 Å². The highest BCUT2D eigenvalue weighted by Gasteiger charge is 2.38. The van der Waals surface area contributed by atoms with E-state index in [0.717, 1.165) is 77.3 Å². The summed E-state index contributed by atoms with van der Waals surface area (Å²) in [4.78, 5) is 71.6. The van der Waals surface area contributed by atoms with Crippen LogP contribution in [0.3, 0.4) is 0 Å². The van der Waals surface area contributed by atoms with Gasteiger partial charge in [-0.15, -0.1) is 6.58 Å². The zero-order chi connectivity index (χ0) is 41.5. The van der Waals surface area contributed by atoms with Crippen molar-refractivity contribution in [2.24, 2.45) is 11.8 Å². The fraction of sp³-hybridized carbons (Fsp3) is 0.455. The molecule has 308 valence electrons. The van der Waals surface area contributed by atoms with Crippen molar-refractivity contribution in [1.82, 2.24) is 40.4 Å². The molecule has 1 aliphatic heterocycles. The quantitative estimate of drug-likeness (QED) is 0.0993. The zero-order valence-electron chi connectivity index (χ0n) is 34.4. The number of benzene rings is 2. The number of hydrogen-bond acceptors (Lipinski definition) is 8. The maximum Gasteiger partial charge on any atom is 0.407 e. The zero-order valence-corrected chi connectivity index (χ0v) is 34.4. The van der Waals surface area contributed by atoms with Gasteiger partial charge in [-0.25, -0.2) is 19.6 Å². The molecule has 3 heterocycles. The van der Waals surface area contributed by atoms with Crippen LogP contribution in [-0.2, 0) is 38.4 Å². The summed E-state index contributed by atoms with van der Waals surface area (Å²) in [7, 11) is 2.58. The van der Waals surface area contributed by atoms with E-state index in [0.29, 0.717) is 25.3 Å². The molecule has 0 radical (unpaired) electrons. The highest BCUT2D eigenvalue weighted by atomic mass is 16.5. The smallest absolute Gasteiger partial charge is 0.407 e. The summed E-state index contributed by atoms with van der Waals surface area (Å²) in [5.74, 6) is 0.833. The van der Waals surface area contributed by atoms with Gasteiger partial charge < -0.3 is 39.9 Å². The number of imidazole rings is 2. The maximum absolute atomic E-state index is 13.7. The van der Waals surface area contributed by atoms with Gasteiger partial charge in [0.1, 0.15) is 23.7 Å². The number of hydrogen-bond donors (Lipinski definition) is 4. The highest BCUT2D eigenvalue weighted by Crippen LogP contribution is 2.38. The van der Waals surface area contributed by atoms with Crippen molar-refractivity contribution in [3.8, 4) is 33.6 Å². The molecule has 0 spiro atoms. The van der Waals surface area contributed by atoms with Crippen molar-refractivity contribution in [2.45, 2.75) is 90.9 Å². The molecular weight excluding hydrogens is 737 g/mol. The second kappa shape index (κ2) is 18.6. The summed E-state index contributed by atoms with van der Waals surface area (Å²) in [6.45, 7) is 12.7. The predicted molar refractivity (Wildman–Crippen MR) is 221 cm³/mol. The number of nitrogens with one attached hydrogen (secondary N) is 4. The summed E-state index contributed by atoms with van der Waals surface area (Å²) >= 11 is 0. The Kier molecular flexibility index (Phi) is 13.3. The lowest BCUT2D eigenvalue weighted by molar-refractivity contribution is -0.136. The molecule has 6 rings (SSSR count). The molecule has 2 aromatic heterocycles. The Morgan fingerprint density at radius 3 is 2.26 bits per heavy atom. The van der Waals surface area contributed by atoms with E-state index >= 15 is 0 Å². The molecule has 14 nitrogen and oxygen atoms in total. The van der Waals surface area contributed by atoms with Crippen LogP contribution in [0.15, 0.2) is 61.3 Å². The summed E-state index contributed by atoms with van der Waals surface area (Å²) in [5.41, 5.74) is 8.34. The third-order valence-electron chi connectivity index (χ3n) is 11.1. The van der Waals surface area contributed by atoms with Gasteiger partial charge in [-0.2, -0.15) is 0 Å². The van der Waals surface area contributed by atoms with Crippen LogP contribution in [0.4, 0.5) is 9.59 Å². The number of alkyl carbamates (subject to hydrolysis) is 2. The monoisotopic (exact) mass is 792 g/mol. The average Bonchev–Trinajstić information content (AvgIpc) is 3.98. The van der Waals surface area contributed by atoms with Gasteiger partial charge in [-0.3, -0.25) is 9.59 Å². The van der Waals surface area contributed by atoms with E-state index in [1.165, 1.54) is 19.8 Å². The molecule has 4 N–H and O–H groups in total. The van der Waals surface area contributed by atoms with Crippen LogP contribution in [0.1, 0.15) is 82.3 Å². The van der Waals surface area contributed by atoms with E-state index in [9.17, 15) is 19.2 Å². The molecule has 1 fully saturated rings. The van der Waals surface area contributed by atoms with Crippen molar-refractivity contribution < 1.29 is 28.7 Å². The Balaban J connectivity index is 1.17. The van der Waals surface area contributed by atoms with Crippen LogP contribution in [0.2, 0.25) is 0 Å². The van der Waals surface area contributed by atoms with Gasteiger partial charge in [0.15, 0.2) is 0 Å². The molecule has 3 atom stereocenters. The fourth-order valence-corrected chi connectivity index (χ4v) is 7.87. The molecule has 0 saturated carbocycles. The SMILES string of the molecule is C=CCCN(Cc1ncc(-c2ccc(-c3ccc4c(c3)CCCc3[nH]c([C@@H]5CCCN5C(=O)[C@@H](NC(=O)OC)C(C)C)nc3-4)cc2)[nH]1)C(=O)[C@@H](NC(=O)OC)C(C)C. The lowest BCUT2D eigenvalue weighted by Gasteiger charge is -2.30. The maximum atomic E-state index is 13.7. The number of aryl methyl sites for hydroxylation is 2. The average molecular weight is 793 g/mol. The Labute approximate surface area is 340 Å². The van der Waals surface area contributed by atoms with E-state index in [2.05, 4.69) is 74.6 Å². The fourth-order valence-electron chi connectivity index (χ4n) is 7.87. The summed E-state index contributed by atoms with van der Waals surface area (Å²) in [6, 6.07) is 13.2. The first-order valence-corrected chi connectivity index (χ1v) is 20.2. The number of aromatic nitrogens is 4. The standard InChI is InChI=1S/C44H56N8O6/c1-8-9-21-51(41(53)37(26(2)3)49-43(55)57-6)25-36-45-24-34(46-36)29-17-15-28(16-18-29)30-19-20-32-31(23-30)12-10-13-33-39(32)48-40(47-33)35-14-11-22-52(35)42(54)38(27(4)5)50-44(56)58-7/h8,15-20,23-24,26-27,35,37-38H,1,9-14,21-22,25H2,2-7H3,(H,45,46)(H,47,48)(H,49,55)(H,50,56)/t35-,37-,38-/m0/s1. The first-order valence-electron chi connectivity index (χ1n) is 20.2. The number of methoxy groups -OCH3 is 2. The molecular formula is C44H56N8O6. The van der Waals surface area contributed by atoms with Gasteiger partial charge in [0, 0.05) is 24.3 Å². The first-order chi connectivity index (χ1) is 27.9. The molecule has 0 bridgehead atoms. The molecule has 2 aliphatic rings. The van der Waals surface area contributed by atoms with Crippen LogP contribution in [0.25, 0.3) is 33.6 Å². The van der Waals surface area contributed by atoms with Gasteiger partial charge in [0.2, 0.25) is 11.8 Å². The minimum Gasteiger partial charge on any atom is -0.453 e. The lowest BCUT2D eigenvalue weighted by Crippen LogP contribution is -2.51. The molecule has 58 heavy (non-hydrogen) atoms. The van der Waals surface area contributed by atoms with E-state index in [1.54, 1.807) is 17.2 Å². The van der Waals surface area contributed by atoms with Crippen LogP contribution in [0, 0.1) is 11.8 Å². The van der Waals surface area contributed by atoms with Gasteiger partial charge in [0.25, 0.3) is 0 Å². The Morgan fingerprint density at radius 1 is 0.914 bits per heavy atom. The highest BCUT2D eigenvalue weighted by molar-refractivity contribution is 5.87. The number of likely N-dealkylation sites (tertiary alicyclic amines) is 1. The molecule has 4 aromatic rings. The van der Waals surface area contributed by atoms with Crippen molar-refractivity contribution in [2.75, 3.05) is 27.3 Å². The third-order valence-corrected chi connectivity index (χ3v) is 11.1. The van der Waals surface area contributed by atoms with Crippen molar-refractivity contribution in [1.29, 1.82) is 0 Å². The lowest BCUT2D eigenvalue weighted by atomic mass is 9.95. The number of nitrogens with zero attached hydrogens (tertiary/aromatic N) is 4.